The van der Waals surface area contributed by atoms with Gasteiger partial charge in [-0.3, -0.25) is 4.79 Å². The predicted octanol–water partition coefficient (Wildman–Crippen LogP) is 1.16. The Bertz CT molecular complexity index is 713. The summed E-state index contributed by atoms with van der Waals surface area (Å²) in [6, 6.07) is 9.74. The first-order valence-electron chi connectivity index (χ1n) is 8.51. The maximum Gasteiger partial charge on any atom is 0.226 e. The number of carbonyl (C=O) groups excluding carboxylic acids is 1. The van der Waals surface area contributed by atoms with Crippen molar-refractivity contribution in [2.45, 2.75) is 44.3 Å². The van der Waals surface area contributed by atoms with Crippen molar-refractivity contribution in [3.63, 3.8) is 0 Å². The average Bonchev–Trinajstić information content (AvgIpc) is 3.22. The van der Waals surface area contributed by atoms with Gasteiger partial charge in [0.25, 0.3) is 0 Å². The van der Waals surface area contributed by atoms with Gasteiger partial charge in [0.1, 0.15) is 0 Å². The first kappa shape index (κ1) is 15.3. The zero-order valence-corrected chi connectivity index (χ0v) is 13.5. The van der Waals surface area contributed by atoms with E-state index in [0.29, 0.717) is 12.4 Å². The molecule has 0 unspecified atom stereocenters. The minimum atomic E-state index is -0.144. The van der Waals surface area contributed by atoms with Gasteiger partial charge >= 0.3 is 0 Å². The van der Waals surface area contributed by atoms with Crippen LogP contribution in [0.25, 0.3) is 0 Å². The molecule has 1 aromatic heterocycles. The zero-order chi connectivity index (χ0) is 16.5. The van der Waals surface area contributed by atoms with Crippen LogP contribution in [0.4, 0.5) is 0 Å². The van der Waals surface area contributed by atoms with Gasteiger partial charge in [-0.15, -0.1) is 5.10 Å². The molecule has 2 aliphatic rings. The van der Waals surface area contributed by atoms with Crippen LogP contribution in [-0.2, 0) is 11.3 Å². The molecule has 0 spiro atoms. The van der Waals surface area contributed by atoms with E-state index in [0.717, 1.165) is 31.2 Å². The highest BCUT2D eigenvalue weighted by molar-refractivity contribution is 5.82. The number of nitrogens with zero attached hydrogens (tertiary/aromatic N) is 5. The molecule has 2 heterocycles. The fraction of sp³-hybridized carbons (Fsp3) is 0.529. The molecule has 0 bridgehead atoms. The molecule has 0 radical (unpaired) electrons. The first-order chi connectivity index (χ1) is 11.8. The van der Waals surface area contributed by atoms with E-state index >= 15 is 0 Å². The van der Waals surface area contributed by atoms with Crippen LogP contribution >= 0.6 is 0 Å². The minimum Gasteiger partial charge on any atom is -0.394 e. The van der Waals surface area contributed by atoms with Crippen LogP contribution in [0.15, 0.2) is 30.3 Å². The fourth-order valence-electron chi connectivity index (χ4n) is 3.51. The number of rotatable bonds is 5. The summed E-state index contributed by atoms with van der Waals surface area (Å²) in [5.41, 5.74) is 1.11. The van der Waals surface area contributed by atoms with Gasteiger partial charge in [0.2, 0.25) is 5.91 Å². The maximum atomic E-state index is 12.7. The van der Waals surface area contributed by atoms with Crippen LogP contribution in [0.1, 0.15) is 43.1 Å². The van der Waals surface area contributed by atoms with E-state index in [1.54, 1.807) is 4.68 Å². The molecule has 1 aliphatic heterocycles. The fourth-order valence-corrected chi connectivity index (χ4v) is 3.51. The number of benzene rings is 1. The Labute approximate surface area is 140 Å². The lowest BCUT2D eigenvalue weighted by Crippen LogP contribution is -2.41. The van der Waals surface area contributed by atoms with Crippen LogP contribution < -0.4 is 0 Å². The monoisotopic (exact) mass is 327 g/mol. The number of aliphatic hydroxyl groups excluding tert-OH is 1. The number of amides is 1. The molecule has 1 saturated heterocycles. The Morgan fingerprint density at radius 3 is 2.67 bits per heavy atom. The minimum absolute atomic E-state index is 0.00475. The second-order valence-electron chi connectivity index (χ2n) is 6.63. The topological polar surface area (TPSA) is 84.1 Å². The molecule has 2 atom stereocenters. The van der Waals surface area contributed by atoms with E-state index in [9.17, 15) is 9.90 Å². The third kappa shape index (κ3) is 2.80. The highest BCUT2D eigenvalue weighted by Gasteiger charge is 2.44. The molecule has 7 heteroatoms. The summed E-state index contributed by atoms with van der Waals surface area (Å²) in [4.78, 5) is 14.5. The molecule has 24 heavy (non-hydrogen) atoms. The summed E-state index contributed by atoms with van der Waals surface area (Å²) in [5, 5.41) is 21.8. The molecule has 2 fully saturated rings. The van der Waals surface area contributed by atoms with Gasteiger partial charge in [0.15, 0.2) is 5.82 Å². The van der Waals surface area contributed by atoms with Crippen LogP contribution in [0, 0.1) is 5.92 Å². The van der Waals surface area contributed by atoms with Crippen molar-refractivity contribution in [3.8, 4) is 0 Å². The van der Waals surface area contributed by atoms with Gasteiger partial charge in [0.05, 0.1) is 25.2 Å². The molecule has 1 saturated carbocycles. The second kappa shape index (κ2) is 6.32. The summed E-state index contributed by atoms with van der Waals surface area (Å²) in [6.07, 6.45) is 3.49. The van der Waals surface area contributed by atoms with Crippen molar-refractivity contribution < 1.29 is 9.90 Å². The molecule has 7 nitrogen and oxygen atoms in total. The Kier molecular flexibility index (Phi) is 4.02. The number of carbonyl (C=O) groups is 1. The SMILES string of the molecule is O=C(C1CC1)N1[C@H](CO)CC[C@H]1c1nnnn1Cc1ccccc1. The summed E-state index contributed by atoms with van der Waals surface area (Å²) in [7, 11) is 0. The van der Waals surface area contributed by atoms with Crippen LogP contribution in [-0.4, -0.2) is 48.8 Å². The lowest BCUT2D eigenvalue weighted by Gasteiger charge is -2.29. The lowest BCUT2D eigenvalue weighted by atomic mass is 10.2. The normalized spacial score (nSPS) is 23.6. The van der Waals surface area contributed by atoms with E-state index < -0.39 is 0 Å². The van der Waals surface area contributed by atoms with Gasteiger partial charge in [-0.1, -0.05) is 30.3 Å². The standard InChI is InChI=1S/C17H21N5O2/c23-11-14-8-9-15(22(14)17(24)13-6-7-13)16-18-19-20-21(16)10-12-4-2-1-3-5-12/h1-5,13-15,23H,6-11H2/t14-,15-/m0/s1. The van der Waals surface area contributed by atoms with Gasteiger partial charge in [-0.25, -0.2) is 4.68 Å². The summed E-state index contributed by atoms with van der Waals surface area (Å²) < 4.78 is 1.77. The van der Waals surface area contributed by atoms with E-state index in [2.05, 4.69) is 15.5 Å². The Hall–Kier alpha value is -2.28. The van der Waals surface area contributed by atoms with Gasteiger partial charge in [-0.2, -0.15) is 0 Å². The first-order valence-corrected chi connectivity index (χ1v) is 8.51. The van der Waals surface area contributed by atoms with Gasteiger partial charge < -0.3 is 10.0 Å². The number of aliphatic hydroxyl groups is 1. The number of aromatic nitrogens is 4. The molecule has 2 aromatic rings. The molecular weight excluding hydrogens is 306 g/mol. The Balaban J connectivity index is 1.60. The molecule has 126 valence electrons. The highest BCUT2D eigenvalue weighted by Crippen LogP contribution is 2.40. The Morgan fingerprint density at radius 1 is 1.17 bits per heavy atom. The van der Waals surface area contributed by atoms with Crippen molar-refractivity contribution in [1.82, 2.24) is 25.1 Å². The smallest absolute Gasteiger partial charge is 0.226 e. The van der Waals surface area contributed by atoms with Crippen LogP contribution in [0.2, 0.25) is 0 Å². The number of hydrogen-bond acceptors (Lipinski definition) is 5. The third-order valence-corrected chi connectivity index (χ3v) is 4.93. The molecule has 1 amide bonds. The molecular formula is C17H21N5O2. The second-order valence-corrected chi connectivity index (χ2v) is 6.63. The van der Waals surface area contributed by atoms with E-state index in [-0.39, 0.29) is 30.5 Å². The van der Waals surface area contributed by atoms with Crippen molar-refractivity contribution >= 4 is 5.91 Å². The van der Waals surface area contributed by atoms with E-state index in [1.807, 2.05) is 35.2 Å². The van der Waals surface area contributed by atoms with Crippen molar-refractivity contribution in [2.75, 3.05) is 6.61 Å². The number of hydrogen-bond donors (Lipinski definition) is 1. The third-order valence-electron chi connectivity index (χ3n) is 4.93. The molecule has 1 aromatic carbocycles. The highest BCUT2D eigenvalue weighted by atomic mass is 16.3. The number of likely N-dealkylation sites (tertiary alicyclic amines) is 1. The Morgan fingerprint density at radius 2 is 1.96 bits per heavy atom. The molecule has 1 N–H and O–H groups in total. The predicted molar refractivity (Wildman–Crippen MR) is 85.8 cm³/mol. The van der Waals surface area contributed by atoms with Gasteiger partial charge in [-0.05, 0) is 41.7 Å². The lowest BCUT2D eigenvalue weighted by molar-refractivity contribution is -0.136. The molecule has 4 rings (SSSR count). The van der Waals surface area contributed by atoms with Crippen molar-refractivity contribution in [2.24, 2.45) is 5.92 Å². The summed E-state index contributed by atoms with van der Waals surface area (Å²) >= 11 is 0. The van der Waals surface area contributed by atoms with Crippen molar-refractivity contribution in [3.05, 3.63) is 41.7 Å². The summed E-state index contributed by atoms with van der Waals surface area (Å²) in [6.45, 7) is 0.574. The summed E-state index contributed by atoms with van der Waals surface area (Å²) in [5.74, 6) is 0.979. The largest absolute Gasteiger partial charge is 0.394 e. The van der Waals surface area contributed by atoms with E-state index in [1.165, 1.54) is 0 Å². The van der Waals surface area contributed by atoms with Crippen LogP contribution in [0.5, 0.6) is 0 Å². The molecule has 1 aliphatic carbocycles. The number of tetrazole rings is 1. The van der Waals surface area contributed by atoms with Gasteiger partial charge in [0, 0.05) is 5.92 Å². The van der Waals surface area contributed by atoms with E-state index in [4.69, 9.17) is 0 Å². The van der Waals surface area contributed by atoms with Crippen LogP contribution in [0.3, 0.4) is 0 Å². The maximum absolute atomic E-state index is 12.7. The average molecular weight is 327 g/mol. The quantitative estimate of drug-likeness (QED) is 0.891. The zero-order valence-electron chi connectivity index (χ0n) is 13.5. The van der Waals surface area contributed by atoms with Crippen molar-refractivity contribution in [1.29, 1.82) is 0 Å².